The van der Waals surface area contributed by atoms with E-state index in [0.29, 0.717) is 18.0 Å². The molecule has 1 amide bonds. The highest BCUT2D eigenvalue weighted by Crippen LogP contribution is 2.19. The fraction of sp³-hybridized carbons (Fsp3) is 0.667. The summed E-state index contributed by atoms with van der Waals surface area (Å²) in [5.41, 5.74) is 0. The van der Waals surface area contributed by atoms with Gasteiger partial charge in [-0.05, 0) is 0 Å². The molecule has 0 aromatic carbocycles. The van der Waals surface area contributed by atoms with E-state index in [1.54, 1.807) is 11.8 Å². The number of hydrogen-bond donors (Lipinski definition) is 0. The molecule has 1 fully saturated rings. The Hall–Kier alpha value is -0.710. The molecule has 0 saturated carbocycles. The fourth-order valence-electron chi connectivity index (χ4n) is 0.899. The lowest BCUT2D eigenvalue weighted by atomic mass is 10.3. The number of hydrogen-bond acceptors (Lipinski definition) is 4. The van der Waals surface area contributed by atoms with Crippen molar-refractivity contribution >= 4 is 24.1 Å². The van der Waals surface area contributed by atoms with Crippen molar-refractivity contribution in [2.24, 2.45) is 0 Å². The van der Waals surface area contributed by atoms with E-state index in [0.717, 1.165) is 0 Å². The molecule has 0 radical (unpaired) electrons. The molecule has 1 rings (SSSR count). The summed E-state index contributed by atoms with van der Waals surface area (Å²) in [6, 6.07) is -0.373. The summed E-state index contributed by atoms with van der Waals surface area (Å²) in [6.07, 6.45) is 0.682. The van der Waals surface area contributed by atoms with Crippen LogP contribution < -0.4 is 0 Å². The first-order chi connectivity index (χ1) is 5.29. The molecule has 11 heavy (non-hydrogen) atoms. The Balaban J connectivity index is 2.56. The second-order valence-electron chi connectivity index (χ2n) is 2.16. The van der Waals surface area contributed by atoms with Gasteiger partial charge in [-0.25, -0.2) is 4.79 Å². The molecule has 1 aliphatic rings. The summed E-state index contributed by atoms with van der Waals surface area (Å²) in [5, 5.41) is 0. The minimum absolute atomic E-state index is 0.331. The van der Waals surface area contributed by atoms with Crippen LogP contribution in [-0.4, -0.2) is 42.1 Å². The largest absolute Gasteiger partial charge is 0.467 e. The van der Waals surface area contributed by atoms with E-state index >= 15 is 0 Å². The number of rotatable bonds is 2. The van der Waals surface area contributed by atoms with Crippen LogP contribution in [0.2, 0.25) is 0 Å². The molecule has 62 valence electrons. The molecule has 5 heteroatoms. The van der Waals surface area contributed by atoms with Gasteiger partial charge < -0.3 is 9.64 Å². The van der Waals surface area contributed by atoms with E-state index in [-0.39, 0.29) is 12.0 Å². The summed E-state index contributed by atoms with van der Waals surface area (Å²) in [4.78, 5) is 22.7. The van der Waals surface area contributed by atoms with Crippen LogP contribution in [-0.2, 0) is 14.3 Å². The summed E-state index contributed by atoms with van der Waals surface area (Å²) in [5.74, 6) is 0.899. The monoisotopic (exact) mass is 175 g/mol. The highest BCUT2D eigenvalue weighted by molar-refractivity contribution is 7.99. The normalized spacial score (nSPS) is 23.4. The second kappa shape index (κ2) is 3.61. The van der Waals surface area contributed by atoms with Gasteiger partial charge in [0.05, 0.1) is 13.0 Å². The predicted octanol–water partition coefficient (Wildman–Crippen LogP) is -0.309. The standard InChI is InChI=1S/C6H9NO3S/c1-10-6(9)5-2-11-4-7(5)3-8/h3,5H,2,4H2,1H3. The molecule has 4 nitrogen and oxygen atoms in total. The highest BCUT2D eigenvalue weighted by Gasteiger charge is 2.30. The lowest BCUT2D eigenvalue weighted by Gasteiger charge is -2.15. The van der Waals surface area contributed by atoms with Crippen LogP contribution in [0.5, 0.6) is 0 Å². The van der Waals surface area contributed by atoms with E-state index in [1.807, 2.05) is 0 Å². The van der Waals surface area contributed by atoms with Crippen molar-refractivity contribution in [1.82, 2.24) is 4.90 Å². The average molecular weight is 175 g/mol. The third-order valence-corrected chi connectivity index (χ3v) is 2.56. The Labute approximate surface area is 68.9 Å². The van der Waals surface area contributed by atoms with Gasteiger partial charge in [-0.15, -0.1) is 11.8 Å². The van der Waals surface area contributed by atoms with E-state index in [2.05, 4.69) is 4.74 Å². The van der Waals surface area contributed by atoms with Crippen LogP contribution in [0, 0.1) is 0 Å². The zero-order valence-electron chi connectivity index (χ0n) is 6.15. The van der Waals surface area contributed by atoms with Crippen molar-refractivity contribution in [2.45, 2.75) is 6.04 Å². The quantitative estimate of drug-likeness (QED) is 0.426. The molecule has 0 aromatic rings. The Morgan fingerprint density at radius 1 is 1.82 bits per heavy atom. The molecule has 0 bridgehead atoms. The zero-order chi connectivity index (χ0) is 8.27. The SMILES string of the molecule is COC(=O)C1CSCN1C=O. The number of esters is 1. The van der Waals surface area contributed by atoms with Gasteiger partial charge >= 0.3 is 5.97 Å². The smallest absolute Gasteiger partial charge is 0.329 e. The van der Waals surface area contributed by atoms with Gasteiger partial charge in [0.1, 0.15) is 6.04 Å². The van der Waals surface area contributed by atoms with Crippen LogP contribution in [0.1, 0.15) is 0 Å². The minimum Gasteiger partial charge on any atom is -0.467 e. The molecular formula is C6H9NO3S. The average Bonchev–Trinajstić information content (AvgIpc) is 2.50. The first-order valence-electron chi connectivity index (χ1n) is 3.16. The van der Waals surface area contributed by atoms with Crippen molar-refractivity contribution in [3.8, 4) is 0 Å². The maximum absolute atomic E-state index is 10.9. The molecule has 0 aliphatic carbocycles. The van der Waals surface area contributed by atoms with E-state index in [9.17, 15) is 9.59 Å². The molecular weight excluding hydrogens is 166 g/mol. The van der Waals surface area contributed by atoms with Crippen LogP contribution >= 0.6 is 11.8 Å². The van der Waals surface area contributed by atoms with Gasteiger partial charge in [0.2, 0.25) is 6.41 Å². The number of methoxy groups -OCH3 is 1. The Morgan fingerprint density at radius 3 is 3.09 bits per heavy atom. The van der Waals surface area contributed by atoms with Gasteiger partial charge in [0.25, 0.3) is 0 Å². The first-order valence-corrected chi connectivity index (χ1v) is 4.31. The Morgan fingerprint density at radius 2 is 2.55 bits per heavy atom. The Kier molecular flexibility index (Phi) is 2.76. The number of ether oxygens (including phenoxy) is 1. The summed E-state index contributed by atoms with van der Waals surface area (Å²) in [6.45, 7) is 0. The van der Waals surface area contributed by atoms with Gasteiger partial charge in [-0.3, -0.25) is 4.79 Å². The van der Waals surface area contributed by atoms with Crippen LogP contribution in [0.4, 0.5) is 0 Å². The number of thioether (sulfide) groups is 1. The lowest BCUT2D eigenvalue weighted by molar-refractivity contribution is -0.147. The molecule has 0 N–H and O–H groups in total. The molecule has 1 atom stereocenters. The molecule has 1 saturated heterocycles. The Bertz CT molecular complexity index is 173. The third-order valence-electron chi connectivity index (χ3n) is 1.53. The summed E-state index contributed by atoms with van der Waals surface area (Å²) in [7, 11) is 1.33. The van der Waals surface area contributed by atoms with Gasteiger partial charge in [0.15, 0.2) is 0 Å². The maximum Gasteiger partial charge on any atom is 0.329 e. The molecule has 1 unspecified atom stereocenters. The highest BCUT2D eigenvalue weighted by atomic mass is 32.2. The van der Waals surface area contributed by atoms with Gasteiger partial charge in [0, 0.05) is 5.75 Å². The fourth-order valence-corrected chi connectivity index (χ4v) is 2.01. The van der Waals surface area contributed by atoms with E-state index in [4.69, 9.17) is 0 Å². The summed E-state index contributed by atoms with van der Waals surface area (Å²) < 4.78 is 4.51. The third kappa shape index (κ3) is 1.65. The molecule has 0 aromatic heterocycles. The van der Waals surface area contributed by atoms with Crippen LogP contribution in [0.25, 0.3) is 0 Å². The van der Waals surface area contributed by atoms with Gasteiger partial charge in [-0.2, -0.15) is 0 Å². The molecule has 0 spiro atoms. The van der Waals surface area contributed by atoms with Crippen molar-refractivity contribution in [2.75, 3.05) is 18.7 Å². The van der Waals surface area contributed by atoms with Crippen LogP contribution in [0.15, 0.2) is 0 Å². The first kappa shape index (κ1) is 8.39. The van der Waals surface area contributed by atoms with Crippen molar-refractivity contribution in [3.63, 3.8) is 0 Å². The minimum atomic E-state index is -0.373. The summed E-state index contributed by atoms with van der Waals surface area (Å²) >= 11 is 1.55. The van der Waals surface area contributed by atoms with Crippen molar-refractivity contribution in [1.29, 1.82) is 0 Å². The molecule has 1 heterocycles. The van der Waals surface area contributed by atoms with Gasteiger partial charge in [-0.1, -0.05) is 0 Å². The van der Waals surface area contributed by atoms with E-state index < -0.39 is 0 Å². The van der Waals surface area contributed by atoms with Crippen LogP contribution in [0.3, 0.4) is 0 Å². The number of carbonyl (C=O) groups is 2. The number of amides is 1. The number of carbonyl (C=O) groups excluding carboxylic acids is 2. The second-order valence-corrected chi connectivity index (χ2v) is 3.16. The lowest BCUT2D eigenvalue weighted by Crippen LogP contribution is -2.37. The topological polar surface area (TPSA) is 46.6 Å². The van der Waals surface area contributed by atoms with Crippen molar-refractivity contribution < 1.29 is 14.3 Å². The van der Waals surface area contributed by atoms with E-state index in [1.165, 1.54) is 12.0 Å². The van der Waals surface area contributed by atoms with Crippen molar-refractivity contribution in [3.05, 3.63) is 0 Å². The predicted molar refractivity (Wildman–Crippen MR) is 41.0 cm³/mol. The number of nitrogens with zero attached hydrogens (tertiary/aromatic N) is 1. The zero-order valence-corrected chi connectivity index (χ0v) is 6.97. The maximum atomic E-state index is 10.9. The molecule has 1 aliphatic heterocycles.